The number of hydrogen-bond donors (Lipinski definition) is 2. The minimum absolute atomic E-state index is 0. The molecule has 5 heterocycles. The molecule has 10 heteroatoms. The number of hydrogen-bond acceptors (Lipinski definition) is 9. The molecule has 3 aliphatic heterocycles. The number of nitrogens with zero attached hydrogens (tertiary/aromatic N) is 6. The summed E-state index contributed by atoms with van der Waals surface area (Å²) in [5.74, 6) is -0.0385. The average Bonchev–Trinajstić information content (AvgIpc) is 3.39. The fourth-order valence-corrected chi connectivity index (χ4v) is 3.89. The van der Waals surface area contributed by atoms with Crippen LogP contribution < -0.4 is 20.9 Å². The van der Waals surface area contributed by atoms with Crippen molar-refractivity contribution in [2.75, 3.05) is 61.3 Å². The van der Waals surface area contributed by atoms with Crippen molar-refractivity contribution in [2.24, 2.45) is 0 Å². The Morgan fingerprint density at radius 3 is 2.69 bits per heavy atom. The molecule has 156 valence electrons. The molecule has 0 bridgehead atoms. The Balaban J connectivity index is 0.00000320. The largest absolute Gasteiger partial charge is 0.378 e. The van der Waals surface area contributed by atoms with Crippen LogP contribution in [0.3, 0.4) is 0 Å². The number of fused-ring (bicyclic) bond motifs is 1. The topological polar surface area (TPSA) is 105 Å². The highest BCUT2D eigenvalue weighted by Gasteiger charge is 2.40. The van der Waals surface area contributed by atoms with Crippen molar-refractivity contribution in [3.05, 3.63) is 18.0 Å². The lowest BCUT2D eigenvalue weighted by Crippen LogP contribution is -2.47. The molecule has 2 saturated heterocycles. The second kappa shape index (κ2) is 7.89. The van der Waals surface area contributed by atoms with Crippen molar-refractivity contribution in [3.8, 4) is 11.3 Å². The highest BCUT2D eigenvalue weighted by atomic mass is 35.5. The van der Waals surface area contributed by atoms with E-state index in [9.17, 15) is 0 Å². The first-order chi connectivity index (χ1) is 16.6. The molecule has 0 spiro atoms. The molecule has 0 amide bonds. The Morgan fingerprint density at radius 1 is 1.24 bits per heavy atom. The highest BCUT2D eigenvalue weighted by Crippen LogP contribution is 2.40. The Labute approximate surface area is 187 Å². The van der Waals surface area contributed by atoms with Crippen molar-refractivity contribution in [2.45, 2.75) is 25.3 Å². The van der Waals surface area contributed by atoms with Gasteiger partial charge in [0.15, 0.2) is 0 Å². The number of nitrogen functional groups attached to an aromatic ring is 1. The molecule has 2 aromatic rings. The Kier molecular flexibility index (Phi) is 3.39. The molecule has 3 aliphatic rings. The summed E-state index contributed by atoms with van der Waals surface area (Å²) in [7, 11) is 0. The van der Waals surface area contributed by atoms with E-state index in [1.165, 1.54) is 12.4 Å². The number of nitrogens with two attached hydrogens (primary N) is 1. The first kappa shape index (κ1) is 12.5. The summed E-state index contributed by atoms with van der Waals surface area (Å²) in [6, 6.07) is 0. The number of halogens is 1. The first-order valence-corrected chi connectivity index (χ1v) is 9.08. The maximum Gasteiger partial charge on any atom is 0.228 e. The molecule has 0 radical (unpaired) electrons. The third-order valence-electron chi connectivity index (χ3n) is 5.37. The number of nitrogens with one attached hydrogen (secondary N) is 1. The zero-order valence-electron chi connectivity index (χ0n) is 23.8. The summed E-state index contributed by atoms with van der Waals surface area (Å²) in [4.78, 5) is 19.4. The van der Waals surface area contributed by atoms with E-state index in [1.54, 1.807) is 0 Å². The van der Waals surface area contributed by atoms with Crippen molar-refractivity contribution >= 4 is 30.1 Å². The van der Waals surface area contributed by atoms with Gasteiger partial charge in [0, 0.05) is 49.6 Å². The molecule has 3 N–H and O–H groups in total. The third kappa shape index (κ3) is 3.58. The van der Waals surface area contributed by atoms with Gasteiger partial charge in [-0.1, -0.05) is 0 Å². The van der Waals surface area contributed by atoms with Gasteiger partial charge in [-0.25, -0.2) is 15.0 Å². The Morgan fingerprint density at radius 2 is 2.00 bits per heavy atom. The molecule has 0 aliphatic carbocycles. The van der Waals surface area contributed by atoms with Gasteiger partial charge in [0.05, 0.1) is 35.3 Å². The van der Waals surface area contributed by atoms with Crippen LogP contribution in [0.1, 0.15) is 29.9 Å². The summed E-state index contributed by atoms with van der Waals surface area (Å²) in [6.45, 7) is -8.67. The molecule has 0 saturated carbocycles. The minimum Gasteiger partial charge on any atom is -0.378 e. The van der Waals surface area contributed by atoms with Crippen LogP contribution in [0, 0.1) is 0 Å². The molecular weight excluding hydrogens is 392 g/mol. The predicted molar refractivity (Wildman–Crippen MR) is 115 cm³/mol. The Hall–Kier alpha value is -2.23. The molecule has 5 rings (SSSR count). The smallest absolute Gasteiger partial charge is 0.228 e. The SMILES string of the molecule is Cl.[2H]C1([2H])OC([2H])([2H])C([2H])([2H])N(c2nc(-c3cnc(N)nc3)c3c(n2)N([C@@]2(C)CCNC2)CC3)C1([2H])[2H]. The lowest BCUT2D eigenvalue weighted by molar-refractivity contribution is 0.122. The summed E-state index contributed by atoms with van der Waals surface area (Å²) < 4.78 is 70.7. The molecule has 0 unspecified atom stereocenters. The molecule has 1 atom stereocenters. The van der Waals surface area contributed by atoms with Crippen LogP contribution >= 0.6 is 12.4 Å². The van der Waals surface area contributed by atoms with Gasteiger partial charge in [-0.3, -0.25) is 0 Å². The quantitative estimate of drug-likeness (QED) is 0.739. The van der Waals surface area contributed by atoms with Crippen molar-refractivity contribution < 1.29 is 15.7 Å². The zero-order chi connectivity index (χ0) is 26.3. The lowest BCUT2D eigenvalue weighted by atomic mass is 9.99. The van der Waals surface area contributed by atoms with Crippen LogP contribution in [-0.2, 0) is 11.2 Å². The van der Waals surface area contributed by atoms with Crippen LogP contribution in [0.5, 0.6) is 0 Å². The second-order valence-electron chi connectivity index (χ2n) is 7.19. The molecule has 2 fully saturated rings. The molecule has 0 aromatic carbocycles. The van der Waals surface area contributed by atoms with Crippen LogP contribution in [-0.4, -0.2) is 71.2 Å². The van der Waals surface area contributed by atoms with Crippen LogP contribution in [0.4, 0.5) is 17.7 Å². The van der Waals surface area contributed by atoms with E-state index in [4.69, 9.17) is 16.7 Å². The van der Waals surface area contributed by atoms with Gasteiger partial charge in [0.1, 0.15) is 5.82 Å². The van der Waals surface area contributed by atoms with E-state index in [2.05, 4.69) is 41.8 Å². The van der Waals surface area contributed by atoms with E-state index in [0.717, 1.165) is 18.5 Å². The number of rotatable bonds is 3. The monoisotopic (exact) mass is 426 g/mol. The summed E-state index contributed by atoms with van der Waals surface area (Å²) >= 11 is 0. The fraction of sp³-hybridized carbons (Fsp3) is 0.579. The van der Waals surface area contributed by atoms with Gasteiger partial charge in [0.25, 0.3) is 0 Å². The predicted octanol–water partition coefficient (Wildman–Crippen LogP) is 0.889. The second-order valence-corrected chi connectivity index (χ2v) is 7.19. The lowest BCUT2D eigenvalue weighted by Gasteiger charge is -2.37. The van der Waals surface area contributed by atoms with Gasteiger partial charge < -0.3 is 25.6 Å². The highest BCUT2D eigenvalue weighted by molar-refractivity contribution is 5.85. The van der Waals surface area contributed by atoms with E-state index in [-0.39, 0.29) is 23.9 Å². The molecule has 2 aromatic heterocycles. The normalized spacial score (nSPS) is 34.8. The number of aromatic nitrogens is 4. The van der Waals surface area contributed by atoms with Crippen LogP contribution in [0.25, 0.3) is 11.3 Å². The van der Waals surface area contributed by atoms with E-state index in [0.29, 0.717) is 41.5 Å². The Bertz CT molecular complexity index is 1170. The van der Waals surface area contributed by atoms with Crippen molar-refractivity contribution in [3.63, 3.8) is 0 Å². The van der Waals surface area contributed by atoms with E-state index in [1.807, 2.05) is 0 Å². The van der Waals surface area contributed by atoms with Gasteiger partial charge >= 0.3 is 0 Å². The first-order valence-electron chi connectivity index (χ1n) is 13.1. The fourth-order valence-electron chi connectivity index (χ4n) is 3.89. The third-order valence-corrected chi connectivity index (χ3v) is 5.37. The zero-order valence-corrected chi connectivity index (χ0v) is 16.6. The maximum atomic E-state index is 8.45. The number of ether oxygens (including phenoxy) is 1. The van der Waals surface area contributed by atoms with Gasteiger partial charge in [0.2, 0.25) is 11.9 Å². The van der Waals surface area contributed by atoms with E-state index >= 15 is 0 Å². The van der Waals surface area contributed by atoms with Crippen LogP contribution in [0.2, 0.25) is 0 Å². The standard InChI is InChI=1S/C19H26N8O.ClH/c1-19(3-4-21-12-19)27-5-2-14-15(13-10-22-17(20)23-11-13)24-18(25-16(14)27)26-6-8-28-9-7-26;/h10-11,21H,2-9,12H2,1H3,(H2,20,22,23);1H/t19-;/m0./s1/i6D2,7D2,8D2,9D2;. The summed E-state index contributed by atoms with van der Waals surface area (Å²) in [5.41, 5.74) is 6.79. The van der Waals surface area contributed by atoms with Crippen LogP contribution in [0.15, 0.2) is 12.4 Å². The van der Waals surface area contributed by atoms with E-state index < -0.39 is 32.1 Å². The minimum atomic E-state index is -3.23. The molecule has 9 nitrogen and oxygen atoms in total. The van der Waals surface area contributed by atoms with Gasteiger partial charge in [-0.05, 0) is 26.3 Å². The van der Waals surface area contributed by atoms with Gasteiger partial charge in [-0.2, -0.15) is 4.98 Å². The van der Waals surface area contributed by atoms with Crippen molar-refractivity contribution in [1.29, 1.82) is 0 Å². The average molecular weight is 427 g/mol. The van der Waals surface area contributed by atoms with Crippen molar-refractivity contribution in [1.82, 2.24) is 25.3 Å². The van der Waals surface area contributed by atoms with Gasteiger partial charge in [-0.15, -0.1) is 12.4 Å². The molecular formula is C19H27ClN8O. The maximum absolute atomic E-state index is 8.45. The molecule has 29 heavy (non-hydrogen) atoms. The number of anilines is 3. The summed E-state index contributed by atoms with van der Waals surface area (Å²) in [5, 5.41) is 3.33. The summed E-state index contributed by atoms with van der Waals surface area (Å²) in [6.07, 6.45) is 4.25. The number of morpholine rings is 1.